The smallest absolute Gasteiger partial charge is 0.306 e. The van der Waals surface area contributed by atoms with Crippen molar-refractivity contribution in [2.45, 2.75) is 296 Å². The van der Waals surface area contributed by atoms with Gasteiger partial charge in [0.25, 0.3) is 0 Å². The van der Waals surface area contributed by atoms with Crippen LogP contribution in [-0.4, -0.2) is 82.3 Å². The maximum Gasteiger partial charge on any atom is 0.306 e. The van der Waals surface area contributed by atoms with Crippen molar-refractivity contribution in [2.24, 2.45) is 0 Å². The third kappa shape index (κ3) is 68.8. The molecule has 0 saturated heterocycles. The number of carbonyl (C=O) groups is 3. The first-order valence-electron chi connectivity index (χ1n) is 35.3. The average Bonchev–Trinajstić information content (AvgIpc) is 3.57. The van der Waals surface area contributed by atoms with E-state index < -0.39 is 24.3 Å². The van der Waals surface area contributed by atoms with E-state index in [2.05, 4.69) is 148 Å². The fourth-order valence-corrected chi connectivity index (χ4v) is 9.57. The topological polar surface area (TPSA) is 111 Å². The Morgan fingerprint density at radius 1 is 0.345 bits per heavy atom. The number of quaternary nitrogens is 1. The SMILES string of the molecule is CC/C=C\C/C=C\C/C=C\C/C=C\C/C=C\C/C=C\C/C=C\CCCCCCCCCCCCCCCCCC(=O)OC(COC(=O)CCCCCCCCCCCCCC/C=C\C/C=C\C/C=C\C/C=C\CC)COC(OCC[N+](C)(C)C)C(=O)[O-]. The summed E-state index contributed by atoms with van der Waals surface area (Å²) in [5, 5.41) is 11.8. The zero-order chi connectivity index (χ0) is 63.3. The van der Waals surface area contributed by atoms with Crippen LogP contribution in [-0.2, 0) is 33.3 Å². The van der Waals surface area contributed by atoms with Crippen LogP contribution >= 0.6 is 0 Å². The molecule has 0 bridgehead atoms. The van der Waals surface area contributed by atoms with Crippen LogP contribution in [0.5, 0.6) is 0 Å². The van der Waals surface area contributed by atoms with Crippen LogP contribution < -0.4 is 5.11 Å². The van der Waals surface area contributed by atoms with Crippen molar-refractivity contribution >= 4 is 17.9 Å². The molecule has 2 unspecified atom stereocenters. The number of hydrogen-bond donors (Lipinski definition) is 0. The highest BCUT2D eigenvalue weighted by Gasteiger charge is 2.22. The number of aliphatic carboxylic acids is 1. The molecule has 0 rings (SSSR count). The number of rotatable bonds is 64. The van der Waals surface area contributed by atoms with Crippen LogP contribution in [0.2, 0.25) is 0 Å². The third-order valence-corrected chi connectivity index (χ3v) is 14.9. The van der Waals surface area contributed by atoms with Crippen LogP contribution in [0.4, 0.5) is 0 Å². The molecule has 496 valence electrons. The van der Waals surface area contributed by atoms with Gasteiger partial charge in [-0.3, -0.25) is 9.59 Å². The molecule has 0 aromatic rings. The van der Waals surface area contributed by atoms with E-state index in [4.69, 9.17) is 18.9 Å². The zero-order valence-corrected chi connectivity index (χ0v) is 56.6. The minimum absolute atomic E-state index is 0.143. The highest BCUT2D eigenvalue weighted by molar-refractivity contribution is 5.70. The summed E-state index contributed by atoms with van der Waals surface area (Å²) in [6.45, 7) is 4.53. The Morgan fingerprint density at radius 3 is 0.920 bits per heavy atom. The molecule has 0 amide bonds. The Morgan fingerprint density at radius 2 is 0.621 bits per heavy atom. The first-order chi connectivity index (χ1) is 42.6. The van der Waals surface area contributed by atoms with Gasteiger partial charge in [-0.05, 0) is 109 Å². The number of likely N-dealkylation sites (N-methyl/N-ethyl adjacent to an activating group) is 1. The van der Waals surface area contributed by atoms with E-state index in [1.54, 1.807) is 0 Å². The predicted octanol–water partition coefficient (Wildman–Crippen LogP) is 20.8. The second-order valence-corrected chi connectivity index (χ2v) is 24.4. The first kappa shape index (κ1) is 82.4. The highest BCUT2D eigenvalue weighted by Crippen LogP contribution is 2.17. The van der Waals surface area contributed by atoms with E-state index in [1.807, 2.05) is 21.1 Å². The average molecular weight is 1210 g/mol. The van der Waals surface area contributed by atoms with Gasteiger partial charge < -0.3 is 33.3 Å². The van der Waals surface area contributed by atoms with Crippen molar-refractivity contribution in [3.8, 4) is 0 Å². The number of carbonyl (C=O) groups excluding carboxylic acids is 3. The number of unbranched alkanes of at least 4 members (excludes halogenated alkanes) is 27. The van der Waals surface area contributed by atoms with Crippen LogP contribution in [0.3, 0.4) is 0 Å². The molecule has 2 atom stereocenters. The quantitative estimate of drug-likeness (QED) is 0.0195. The van der Waals surface area contributed by atoms with Gasteiger partial charge >= 0.3 is 11.9 Å². The van der Waals surface area contributed by atoms with Crippen molar-refractivity contribution in [3.63, 3.8) is 0 Å². The summed E-state index contributed by atoms with van der Waals surface area (Å²) in [4.78, 5) is 37.5. The maximum atomic E-state index is 12.9. The summed E-state index contributed by atoms with van der Waals surface area (Å²) < 4.78 is 22.8. The first-order valence-corrected chi connectivity index (χ1v) is 35.3. The molecule has 0 radical (unpaired) electrons. The molecule has 0 N–H and O–H groups in total. The summed E-state index contributed by atoms with van der Waals surface area (Å²) in [7, 11) is 5.93. The normalized spacial score (nSPS) is 13.5. The lowest BCUT2D eigenvalue weighted by Crippen LogP contribution is -2.44. The number of ether oxygens (including phenoxy) is 4. The maximum absolute atomic E-state index is 12.9. The summed E-state index contributed by atoms with van der Waals surface area (Å²) in [6.07, 6.45) is 93.9. The second-order valence-electron chi connectivity index (χ2n) is 24.4. The fraction of sp³-hybridized carbons (Fsp3) is 0.679. The zero-order valence-electron chi connectivity index (χ0n) is 56.6. The third-order valence-electron chi connectivity index (χ3n) is 14.9. The Balaban J connectivity index is 4.11. The largest absolute Gasteiger partial charge is 0.545 e. The van der Waals surface area contributed by atoms with Crippen molar-refractivity contribution in [3.05, 3.63) is 134 Å². The summed E-state index contributed by atoms with van der Waals surface area (Å²) in [5.41, 5.74) is 0. The number of carboxylic acid groups (broad SMARTS) is 1. The highest BCUT2D eigenvalue weighted by atomic mass is 16.7. The van der Waals surface area contributed by atoms with Crippen molar-refractivity contribution in [1.82, 2.24) is 0 Å². The molecule has 0 aliphatic heterocycles. The van der Waals surface area contributed by atoms with E-state index in [1.165, 1.54) is 141 Å². The van der Waals surface area contributed by atoms with Gasteiger partial charge in [-0.15, -0.1) is 0 Å². The molecular formula is C78H131NO8. The van der Waals surface area contributed by atoms with Gasteiger partial charge in [0.15, 0.2) is 12.4 Å². The van der Waals surface area contributed by atoms with E-state index in [-0.39, 0.29) is 38.6 Å². The molecule has 0 aromatic carbocycles. The van der Waals surface area contributed by atoms with Gasteiger partial charge in [0.1, 0.15) is 13.2 Å². The summed E-state index contributed by atoms with van der Waals surface area (Å²) in [6, 6.07) is 0. The molecule has 9 heteroatoms. The molecule has 0 aliphatic carbocycles. The van der Waals surface area contributed by atoms with Crippen molar-refractivity contribution in [1.29, 1.82) is 0 Å². The lowest BCUT2D eigenvalue weighted by Gasteiger charge is -2.26. The monoisotopic (exact) mass is 1210 g/mol. The molecule has 0 spiro atoms. The molecule has 0 aromatic heterocycles. The molecule has 0 fully saturated rings. The van der Waals surface area contributed by atoms with Crippen molar-refractivity contribution < 1.29 is 42.9 Å². The Hall–Kier alpha value is -4.57. The van der Waals surface area contributed by atoms with E-state index in [0.717, 1.165) is 109 Å². The molecule has 0 saturated carbocycles. The number of esters is 2. The standard InChI is InChI=1S/C78H131NO8/c1-6-8-10-12-14-16-18-20-22-24-26-28-30-32-33-34-35-36-37-38-39-40-41-42-43-45-47-49-51-53-55-57-59-61-63-65-67-69-76(81)87-74(73-86-78(77(82)83)84-71-70-79(3,4)5)72-85-75(80)68-66-64-62-60-58-56-54-52-50-48-46-44-31-29-27-25-23-21-19-17-15-13-11-9-7-2/h8-11,14-17,20-23,26-29,32-33,35-36,38-39,74,78H,6-7,12-13,18-19,24-25,30-31,34,37,40-73H2,1-5H3/b10-8-,11-9-,16-14-,17-15-,22-20-,23-21-,28-26-,29-27-,33-32-,36-35-,39-38-. The fourth-order valence-electron chi connectivity index (χ4n) is 9.57. The van der Waals surface area contributed by atoms with E-state index in [0.29, 0.717) is 17.4 Å². The van der Waals surface area contributed by atoms with E-state index >= 15 is 0 Å². The van der Waals surface area contributed by atoms with Gasteiger partial charge in [0.2, 0.25) is 0 Å². The summed E-state index contributed by atoms with van der Waals surface area (Å²) >= 11 is 0. The Kier molecular flexibility index (Phi) is 63.8. The van der Waals surface area contributed by atoms with Gasteiger partial charge in [-0.25, -0.2) is 0 Å². The van der Waals surface area contributed by atoms with Crippen LogP contribution in [0.25, 0.3) is 0 Å². The van der Waals surface area contributed by atoms with Crippen LogP contribution in [0.1, 0.15) is 284 Å². The Labute approximate surface area is 535 Å². The summed E-state index contributed by atoms with van der Waals surface area (Å²) in [5.74, 6) is -2.28. The molecule has 9 nitrogen and oxygen atoms in total. The number of hydrogen-bond acceptors (Lipinski definition) is 8. The molecular weight excluding hydrogens is 1080 g/mol. The predicted molar refractivity (Wildman–Crippen MR) is 370 cm³/mol. The minimum atomic E-state index is -1.63. The Bertz CT molecular complexity index is 1890. The molecule has 87 heavy (non-hydrogen) atoms. The number of allylic oxidation sites excluding steroid dienone is 22. The lowest BCUT2D eigenvalue weighted by atomic mass is 10.0. The molecule has 0 aliphatic rings. The number of carboxylic acids is 1. The second kappa shape index (κ2) is 67.4. The van der Waals surface area contributed by atoms with Crippen molar-refractivity contribution in [2.75, 3.05) is 47.5 Å². The van der Waals surface area contributed by atoms with Crippen LogP contribution in [0, 0.1) is 0 Å². The van der Waals surface area contributed by atoms with Crippen LogP contribution in [0.15, 0.2) is 134 Å². The van der Waals surface area contributed by atoms with Gasteiger partial charge in [-0.2, -0.15) is 0 Å². The van der Waals surface area contributed by atoms with E-state index in [9.17, 15) is 19.5 Å². The number of nitrogens with zero attached hydrogens (tertiary/aromatic N) is 1. The minimum Gasteiger partial charge on any atom is -0.545 e. The lowest BCUT2D eigenvalue weighted by molar-refractivity contribution is -0.870. The van der Waals surface area contributed by atoms with Gasteiger partial charge in [-0.1, -0.05) is 295 Å². The van der Waals surface area contributed by atoms with Gasteiger partial charge in [0, 0.05) is 12.8 Å². The molecule has 0 heterocycles. The van der Waals surface area contributed by atoms with Gasteiger partial charge in [0.05, 0.1) is 40.3 Å².